The average Bonchev–Trinajstić information content (AvgIpc) is 3.04. The van der Waals surface area contributed by atoms with E-state index in [1.807, 2.05) is 18.2 Å². The molecule has 0 N–H and O–H groups in total. The van der Waals surface area contributed by atoms with Crippen LogP contribution in [0, 0.1) is 0 Å². The van der Waals surface area contributed by atoms with Crippen molar-refractivity contribution in [3.63, 3.8) is 0 Å². The minimum atomic E-state index is -0.0634. The van der Waals surface area contributed by atoms with Gasteiger partial charge in [0.25, 0.3) is 5.56 Å². The zero-order valence-corrected chi connectivity index (χ0v) is 15.5. The van der Waals surface area contributed by atoms with Gasteiger partial charge in [0.05, 0.1) is 19.5 Å². The molecule has 0 amide bonds. The molecule has 2 heterocycles. The number of rotatable bonds is 4. The van der Waals surface area contributed by atoms with Gasteiger partial charge in [-0.15, -0.1) is 0 Å². The van der Waals surface area contributed by atoms with Crippen LogP contribution < -0.4 is 10.3 Å². The number of hydrogen-bond acceptors (Lipinski definition) is 4. The molecule has 134 valence electrons. The van der Waals surface area contributed by atoms with Crippen molar-refractivity contribution in [2.45, 2.75) is 45.2 Å². The van der Waals surface area contributed by atoms with Gasteiger partial charge in [0.2, 0.25) is 0 Å². The predicted octanol–water partition coefficient (Wildman–Crippen LogP) is 3.00. The summed E-state index contributed by atoms with van der Waals surface area (Å²) in [5, 5.41) is 4.57. The van der Waals surface area contributed by atoms with E-state index in [-0.39, 0.29) is 11.0 Å². The largest absolute Gasteiger partial charge is 0.497 e. The summed E-state index contributed by atoms with van der Waals surface area (Å²) in [7, 11) is 1.68. The molecule has 3 rings (SSSR count). The van der Waals surface area contributed by atoms with Crippen molar-refractivity contribution in [1.82, 2.24) is 14.7 Å². The predicted molar refractivity (Wildman–Crippen MR) is 99.1 cm³/mol. The summed E-state index contributed by atoms with van der Waals surface area (Å²) in [6.45, 7) is 8.80. The standard InChI is InChI=1S/C20H27N3O2/c1-20(2,3)18-9-10-19(24)23(21-18)14-22-12-11-16(13-22)15-5-7-17(25-4)8-6-15/h5-10,16H,11-14H2,1-4H3/t16-/m1/s1. The summed E-state index contributed by atoms with van der Waals surface area (Å²) in [6, 6.07) is 11.8. The maximum absolute atomic E-state index is 12.2. The second kappa shape index (κ2) is 7.00. The fourth-order valence-corrected chi connectivity index (χ4v) is 3.25. The van der Waals surface area contributed by atoms with Crippen molar-refractivity contribution < 1.29 is 4.74 Å². The molecule has 1 aliphatic rings. The summed E-state index contributed by atoms with van der Waals surface area (Å²) in [5.74, 6) is 1.38. The highest BCUT2D eigenvalue weighted by atomic mass is 16.5. The highest BCUT2D eigenvalue weighted by Gasteiger charge is 2.25. The number of methoxy groups -OCH3 is 1. The lowest BCUT2D eigenvalue weighted by Crippen LogP contribution is -2.34. The molecular formula is C20H27N3O2. The molecule has 1 atom stereocenters. The van der Waals surface area contributed by atoms with Crippen LogP contribution in [-0.4, -0.2) is 34.9 Å². The number of likely N-dealkylation sites (tertiary alicyclic amines) is 1. The Kier molecular flexibility index (Phi) is 4.95. The topological polar surface area (TPSA) is 47.4 Å². The van der Waals surface area contributed by atoms with Crippen LogP contribution >= 0.6 is 0 Å². The van der Waals surface area contributed by atoms with Gasteiger partial charge >= 0.3 is 0 Å². The molecule has 0 unspecified atom stereocenters. The zero-order valence-electron chi connectivity index (χ0n) is 15.5. The highest BCUT2D eigenvalue weighted by molar-refractivity contribution is 5.30. The molecule has 1 aromatic heterocycles. The van der Waals surface area contributed by atoms with Gasteiger partial charge in [-0.25, -0.2) is 4.68 Å². The highest BCUT2D eigenvalue weighted by Crippen LogP contribution is 2.28. The van der Waals surface area contributed by atoms with Crippen LogP contribution in [0.2, 0.25) is 0 Å². The summed E-state index contributed by atoms with van der Waals surface area (Å²) in [4.78, 5) is 14.5. The van der Waals surface area contributed by atoms with E-state index in [1.165, 1.54) is 5.56 Å². The molecule has 5 nitrogen and oxygen atoms in total. The third kappa shape index (κ3) is 4.10. The molecule has 1 aromatic carbocycles. The summed E-state index contributed by atoms with van der Waals surface area (Å²) in [6.07, 6.45) is 1.10. The Morgan fingerprint density at radius 2 is 1.88 bits per heavy atom. The minimum absolute atomic E-state index is 0.0408. The van der Waals surface area contributed by atoms with Crippen LogP contribution in [0.15, 0.2) is 41.2 Å². The van der Waals surface area contributed by atoms with Gasteiger partial charge in [-0.2, -0.15) is 5.10 Å². The number of ether oxygens (including phenoxy) is 1. The lowest BCUT2D eigenvalue weighted by Gasteiger charge is -2.21. The summed E-state index contributed by atoms with van der Waals surface area (Å²) >= 11 is 0. The second-order valence-corrected chi connectivity index (χ2v) is 7.78. The molecular weight excluding hydrogens is 314 g/mol. The first-order valence-corrected chi connectivity index (χ1v) is 8.82. The molecule has 0 radical (unpaired) electrons. The number of nitrogens with zero attached hydrogens (tertiary/aromatic N) is 3. The van der Waals surface area contributed by atoms with Gasteiger partial charge in [-0.3, -0.25) is 9.69 Å². The van der Waals surface area contributed by atoms with Crippen LogP contribution in [0.25, 0.3) is 0 Å². The van der Waals surface area contributed by atoms with Gasteiger partial charge in [0, 0.05) is 24.6 Å². The van der Waals surface area contributed by atoms with Crippen molar-refractivity contribution in [3.05, 3.63) is 58.0 Å². The second-order valence-electron chi connectivity index (χ2n) is 7.78. The van der Waals surface area contributed by atoms with Crippen molar-refractivity contribution in [1.29, 1.82) is 0 Å². The molecule has 1 fully saturated rings. The molecule has 5 heteroatoms. The van der Waals surface area contributed by atoms with E-state index < -0.39 is 0 Å². The van der Waals surface area contributed by atoms with Gasteiger partial charge in [-0.1, -0.05) is 32.9 Å². The van der Waals surface area contributed by atoms with Gasteiger partial charge < -0.3 is 4.74 Å². The molecule has 0 spiro atoms. The van der Waals surface area contributed by atoms with Crippen LogP contribution in [0.4, 0.5) is 0 Å². The van der Waals surface area contributed by atoms with Gasteiger partial charge in [0.1, 0.15) is 5.75 Å². The summed E-state index contributed by atoms with van der Waals surface area (Å²) in [5.41, 5.74) is 2.16. The van der Waals surface area contributed by atoms with Crippen LogP contribution in [0.3, 0.4) is 0 Å². The maximum atomic E-state index is 12.2. The minimum Gasteiger partial charge on any atom is -0.497 e. The molecule has 2 aromatic rings. The quantitative estimate of drug-likeness (QED) is 0.858. The van der Waals surface area contributed by atoms with Gasteiger partial charge in [-0.05, 0) is 36.1 Å². The third-order valence-electron chi connectivity index (χ3n) is 4.83. The van der Waals surface area contributed by atoms with Crippen LogP contribution in [0.5, 0.6) is 5.75 Å². The molecule has 25 heavy (non-hydrogen) atoms. The monoisotopic (exact) mass is 341 g/mol. The molecule has 0 aliphatic carbocycles. The van der Waals surface area contributed by atoms with E-state index in [1.54, 1.807) is 17.9 Å². The normalized spacial score (nSPS) is 18.5. The first kappa shape index (κ1) is 17.7. The van der Waals surface area contributed by atoms with E-state index in [9.17, 15) is 4.79 Å². The lowest BCUT2D eigenvalue weighted by atomic mass is 9.92. The Hall–Kier alpha value is -2.14. The molecule has 1 aliphatic heterocycles. The fraction of sp³-hybridized carbons (Fsp3) is 0.500. The Bertz CT molecular complexity index is 775. The first-order valence-electron chi connectivity index (χ1n) is 8.82. The van der Waals surface area contributed by atoms with Crippen molar-refractivity contribution in [3.8, 4) is 5.75 Å². The van der Waals surface area contributed by atoms with E-state index in [0.29, 0.717) is 12.6 Å². The maximum Gasteiger partial charge on any atom is 0.267 e. The third-order valence-corrected chi connectivity index (χ3v) is 4.83. The first-order chi connectivity index (χ1) is 11.9. The SMILES string of the molecule is COc1ccc([C@@H]2CCN(Cn3nc(C(C)(C)C)ccc3=O)C2)cc1. The smallest absolute Gasteiger partial charge is 0.267 e. The summed E-state index contributed by atoms with van der Waals surface area (Å²) < 4.78 is 6.82. The Balaban J connectivity index is 1.70. The Labute approximate surface area is 149 Å². The van der Waals surface area contributed by atoms with E-state index >= 15 is 0 Å². The zero-order chi connectivity index (χ0) is 18.0. The Morgan fingerprint density at radius 3 is 2.52 bits per heavy atom. The molecule has 0 saturated carbocycles. The number of aromatic nitrogens is 2. The number of benzene rings is 1. The van der Waals surface area contributed by atoms with E-state index in [0.717, 1.165) is 31.0 Å². The van der Waals surface area contributed by atoms with Crippen LogP contribution in [0.1, 0.15) is 44.4 Å². The number of hydrogen-bond donors (Lipinski definition) is 0. The van der Waals surface area contributed by atoms with E-state index in [2.05, 4.69) is 42.9 Å². The van der Waals surface area contributed by atoms with Crippen molar-refractivity contribution in [2.24, 2.45) is 0 Å². The lowest BCUT2D eigenvalue weighted by molar-refractivity contribution is 0.243. The van der Waals surface area contributed by atoms with Crippen molar-refractivity contribution >= 4 is 0 Å². The fourth-order valence-electron chi connectivity index (χ4n) is 3.25. The van der Waals surface area contributed by atoms with Crippen molar-refractivity contribution in [2.75, 3.05) is 20.2 Å². The Morgan fingerprint density at radius 1 is 1.16 bits per heavy atom. The average molecular weight is 341 g/mol. The van der Waals surface area contributed by atoms with E-state index in [4.69, 9.17) is 4.74 Å². The van der Waals surface area contributed by atoms with Crippen LogP contribution in [-0.2, 0) is 12.1 Å². The molecule has 0 bridgehead atoms. The van der Waals surface area contributed by atoms with Gasteiger partial charge in [0.15, 0.2) is 0 Å². The molecule has 1 saturated heterocycles.